The van der Waals surface area contributed by atoms with Gasteiger partial charge in [-0.05, 0) is 55.7 Å². The third-order valence-corrected chi connectivity index (χ3v) is 7.20. The summed E-state index contributed by atoms with van der Waals surface area (Å²) < 4.78 is 5.76. The van der Waals surface area contributed by atoms with Crippen molar-refractivity contribution in [2.24, 2.45) is 0 Å². The molecule has 0 radical (unpaired) electrons. The first-order valence-corrected chi connectivity index (χ1v) is 12.8. The first kappa shape index (κ1) is 25.0. The van der Waals surface area contributed by atoms with Gasteiger partial charge >= 0.3 is 0 Å². The molecule has 2 fully saturated rings. The van der Waals surface area contributed by atoms with E-state index in [0.29, 0.717) is 43.9 Å². The maximum absolute atomic E-state index is 13.1. The monoisotopic (exact) mass is 503 g/mol. The Morgan fingerprint density at radius 2 is 1.97 bits per heavy atom. The Balaban J connectivity index is 1.18. The second kappa shape index (κ2) is 10.7. The Hall–Kier alpha value is -3.72. The number of anilines is 1. The average molecular weight is 504 g/mol. The van der Waals surface area contributed by atoms with Crippen LogP contribution in [-0.4, -0.2) is 88.7 Å². The Kier molecular flexibility index (Phi) is 7.23. The summed E-state index contributed by atoms with van der Waals surface area (Å²) in [5, 5.41) is 12.4. The van der Waals surface area contributed by atoms with Gasteiger partial charge in [0.15, 0.2) is 0 Å². The van der Waals surface area contributed by atoms with Crippen LogP contribution < -0.4 is 9.64 Å². The number of hydrogen-bond donors (Lipinski definition) is 1. The minimum absolute atomic E-state index is 0.154. The van der Waals surface area contributed by atoms with Gasteiger partial charge in [-0.2, -0.15) is 0 Å². The quantitative estimate of drug-likeness (QED) is 0.505. The van der Waals surface area contributed by atoms with Crippen LogP contribution >= 0.6 is 0 Å². The molecule has 9 nitrogen and oxygen atoms in total. The summed E-state index contributed by atoms with van der Waals surface area (Å²) in [6.45, 7) is 3.26. The molecule has 2 aromatic heterocycles. The fourth-order valence-corrected chi connectivity index (χ4v) is 5.34. The molecule has 4 heterocycles. The molecule has 9 heteroatoms. The summed E-state index contributed by atoms with van der Waals surface area (Å²) in [4.78, 5) is 39.1. The third kappa shape index (κ3) is 5.67. The molecular weight excluding hydrogens is 470 g/mol. The number of nitrogens with zero attached hydrogens (tertiary/aromatic N) is 5. The Bertz CT molecular complexity index is 1260. The Labute approximate surface area is 216 Å². The van der Waals surface area contributed by atoms with Crippen molar-refractivity contribution < 1.29 is 19.4 Å². The van der Waals surface area contributed by atoms with Gasteiger partial charge < -0.3 is 24.5 Å². The van der Waals surface area contributed by atoms with E-state index in [9.17, 15) is 14.7 Å². The molecule has 3 aromatic rings. The number of β-amino-alcohol motifs (C(OH)–C–C–N with tert-alkyl or cyclic N) is 1. The van der Waals surface area contributed by atoms with E-state index in [1.165, 1.54) is 0 Å². The minimum Gasteiger partial charge on any atom is -0.492 e. The summed E-state index contributed by atoms with van der Waals surface area (Å²) >= 11 is 0. The zero-order chi connectivity index (χ0) is 25.8. The largest absolute Gasteiger partial charge is 0.492 e. The lowest BCUT2D eigenvalue weighted by molar-refractivity contribution is -0.128. The van der Waals surface area contributed by atoms with Crippen LogP contribution in [0.25, 0.3) is 10.9 Å². The first-order chi connectivity index (χ1) is 17.9. The maximum atomic E-state index is 13.1. The van der Waals surface area contributed by atoms with Crippen molar-refractivity contribution in [2.45, 2.75) is 31.3 Å². The lowest BCUT2D eigenvalue weighted by Crippen LogP contribution is -2.54. The van der Waals surface area contributed by atoms with Crippen molar-refractivity contribution in [3.63, 3.8) is 0 Å². The molecule has 37 heavy (non-hydrogen) atoms. The number of pyridine rings is 2. The number of piperidine rings is 1. The van der Waals surface area contributed by atoms with E-state index in [1.807, 2.05) is 17.0 Å². The van der Waals surface area contributed by atoms with Crippen LogP contribution in [0.15, 0.2) is 55.0 Å². The molecule has 1 aromatic carbocycles. The minimum atomic E-state index is -1.03. The van der Waals surface area contributed by atoms with Gasteiger partial charge in [0.25, 0.3) is 5.91 Å². The van der Waals surface area contributed by atoms with Gasteiger partial charge in [0.05, 0.1) is 24.2 Å². The molecule has 2 amide bonds. The highest BCUT2D eigenvalue weighted by Gasteiger charge is 2.36. The second-order valence-electron chi connectivity index (χ2n) is 9.99. The number of amides is 2. The maximum Gasteiger partial charge on any atom is 0.253 e. The molecule has 1 atom stereocenters. The zero-order valence-electron chi connectivity index (χ0n) is 21.2. The highest BCUT2D eigenvalue weighted by molar-refractivity contribution is 5.94. The van der Waals surface area contributed by atoms with Crippen molar-refractivity contribution in [1.82, 2.24) is 19.8 Å². The number of likely N-dealkylation sites (tertiary alicyclic amines) is 1. The van der Waals surface area contributed by atoms with Crippen LogP contribution in [0.4, 0.5) is 5.69 Å². The van der Waals surface area contributed by atoms with Crippen LogP contribution in [0.1, 0.15) is 36.0 Å². The first-order valence-electron chi connectivity index (χ1n) is 12.8. The standard InChI is InChI=1S/C28H33N5O4/c1-31(27(35)21-5-7-22(8-6-21)37-17-16-32-14-2-4-26(32)34)19-28(36)11-3-15-33(20-28)25-10-13-30-24-9-12-29-18-23(24)25/h5-10,12-13,18,36H,2-4,11,14-17,19-20H2,1H3/t28-/m1/s1. The van der Waals surface area contributed by atoms with Gasteiger partial charge in [0.1, 0.15) is 12.4 Å². The van der Waals surface area contributed by atoms with Gasteiger partial charge in [0, 0.05) is 68.3 Å². The van der Waals surface area contributed by atoms with E-state index >= 15 is 0 Å². The number of carbonyl (C=O) groups excluding carboxylic acids is 2. The summed E-state index contributed by atoms with van der Waals surface area (Å²) in [5.41, 5.74) is 1.36. The van der Waals surface area contributed by atoms with Gasteiger partial charge in [-0.25, -0.2) is 0 Å². The van der Waals surface area contributed by atoms with E-state index < -0.39 is 5.60 Å². The molecule has 2 aliphatic rings. The molecule has 1 N–H and O–H groups in total. The molecule has 5 rings (SSSR count). The smallest absolute Gasteiger partial charge is 0.253 e. The van der Waals surface area contributed by atoms with Crippen molar-refractivity contribution in [2.75, 3.05) is 51.3 Å². The summed E-state index contributed by atoms with van der Waals surface area (Å²) in [6, 6.07) is 10.9. The van der Waals surface area contributed by atoms with E-state index in [2.05, 4.69) is 14.9 Å². The second-order valence-corrected chi connectivity index (χ2v) is 9.99. The zero-order valence-corrected chi connectivity index (χ0v) is 21.2. The highest BCUT2D eigenvalue weighted by atomic mass is 16.5. The molecule has 0 spiro atoms. The molecule has 0 unspecified atom stereocenters. The predicted octanol–water partition coefficient (Wildman–Crippen LogP) is 2.73. The van der Waals surface area contributed by atoms with Crippen LogP contribution in [0.3, 0.4) is 0 Å². The van der Waals surface area contributed by atoms with Crippen LogP contribution in [0.2, 0.25) is 0 Å². The molecule has 194 valence electrons. The van der Waals surface area contributed by atoms with E-state index in [-0.39, 0.29) is 18.4 Å². The molecule has 2 aliphatic heterocycles. The molecule has 0 bridgehead atoms. The fraction of sp³-hybridized carbons (Fsp3) is 0.429. The topological polar surface area (TPSA) is 99.1 Å². The van der Waals surface area contributed by atoms with E-state index in [1.54, 1.807) is 54.8 Å². The number of likely N-dealkylation sites (N-methyl/N-ethyl adjacent to an activating group) is 1. The van der Waals surface area contributed by atoms with E-state index in [4.69, 9.17) is 4.74 Å². The van der Waals surface area contributed by atoms with Gasteiger partial charge in [-0.15, -0.1) is 0 Å². The number of rotatable bonds is 8. The van der Waals surface area contributed by atoms with Crippen molar-refractivity contribution in [3.05, 3.63) is 60.6 Å². The highest BCUT2D eigenvalue weighted by Crippen LogP contribution is 2.31. The fourth-order valence-electron chi connectivity index (χ4n) is 5.34. The van der Waals surface area contributed by atoms with E-state index in [0.717, 1.165) is 42.5 Å². The van der Waals surface area contributed by atoms with Crippen molar-refractivity contribution in [1.29, 1.82) is 0 Å². The van der Waals surface area contributed by atoms with Crippen molar-refractivity contribution in [3.8, 4) is 5.75 Å². The van der Waals surface area contributed by atoms with Crippen molar-refractivity contribution >= 4 is 28.4 Å². The summed E-state index contributed by atoms with van der Waals surface area (Å²) in [5.74, 6) is 0.686. The number of aromatic nitrogens is 2. The molecule has 2 saturated heterocycles. The van der Waals surface area contributed by atoms with Gasteiger partial charge in [0.2, 0.25) is 5.91 Å². The average Bonchev–Trinajstić information content (AvgIpc) is 3.32. The van der Waals surface area contributed by atoms with Gasteiger partial charge in [-0.1, -0.05) is 0 Å². The summed E-state index contributed by atoms with van der Waals surface area (Å²) in [7, 11) is 1.72. The Morgan fingerprint density at radius 1 is 1.14 bits per heavy atom. The normalized spacial score (nSPS) is 19.9. The number of benzene rings is 1. The predicted molar refractivity (Wildman–Crippen MR) is 141 cm³/mol. The lowest BCUT2D eigenvalue weighted by atomic mass is 9.91. The number of fused-ring (bicyclic) bond motifs is 1. The molecule has 0 aliphatic carbocycles. The van der Waals surface area contributed by atoms with Crippen LogP contribution in [0.5, 0.6) is 5.75 Å². The van der Waals surface area contributed by atoms with Crippen LogP contribution in [-0.2, 0) is 4.79 Å². The number of ether oxygens (including phenoxy) is 1. The number of hydrogen-bond acceptors (Lipinski definition) is 7. The SMILES string of the molecule is CN(C[C@]1(O)CCCN(c2ccnc3ccncc23)C1)C(=O)c1ccc(OCCN2CCCC2=O)cc1. The molecular formula is C28H33N5O4. The number of aliphatic hydroxyl groups is 1. The lowest BCUT2D eigenvalue weighted by Gasteiger charge is -2.42. The van der Waals surface area contributed by atoms with Gasteiger partial charge in [-0.3, -0.25) is 19.6 Å². The van der Waals surface area contributed by atoms with Crippen LogP contribution in [0, 0.1) is 0 Å². The Morgan fingerprint density at radius 3 is 2.76 bits per heavy atom. The summed E-state index contributed by atoms with van der Waals surface area (Å²) in [6.07, 6.45) is 8.28. The third-order valence-electron chi connectivity index (χ3n) is 7.20. The number of carbonyl (C=O) groups is 2. The molecule has 0 saturated carbocycles.